The molecule has 1 heterocycles. The molecule has 8 heteroatoms. The molecule has 0 saturated heterocycles. The molecular formula is C13H17N5O2S. The van der Waals surface area contributed by atoms with Crippen molar-refractivity contribution in [2.75, 3.05) is 17.2 Å². The fraction of sp³-hybridized carbons (Fsp3) is 0.231. The van der Waals surface area contributed by atoms with Gasteiger partial charge in [-0.3, -0.25) is 0 Å². The van der Waals surface area contributed by atoms with Crippen molar-refractivity contribution in [3.63, 3.8) is 0 Å². The Kier molecular flexibility index (Phi) is 4.39. The Hall–Kier alpha value is -2.19. The zero-order valence-electron chi connectivity index (χ0n) is 11.8. The number of rotatable bonds is 5. The van der Waals surface area contributed by atoms with E-state index in [1.54, 1.807) is 18.3 Å². The standard InChI is InChI=1S/C13H17N5O2S/c1-3-15-13-16-8-9(2)12(18-13)17-10-5-4-6-11(7-10)21(14,19)20/h4-8H,3H2,1-2H3,(H2,14,19,20)(H2,15,16,17,18). The van der Waals surface area contributed by atoms with Crippen LogP contribution in [0.5, 0.6) is 0 Å². The summed E-state index contributed by atoms with van der Waals surface area (Å²) in [5.74, 6) is 1.11. The number of hydrogen-bond donors (Lipinski definition) is 3. The average Bonchev–Trinajstić information content (AvgIpc) is 2.42. The van der Waals surface area contributed by atoms with Crippen molar-refractivity contribution in [3.05, 3.63) is 36.0 Å². The first-order valence-electron chi connectivity index (χ1n) is 6.37. The van der Waals surface area contributed by atoms with Crippen molar-refractivity contribution in [2.45, 2.75) is 18.7 Å². The Labute approximate surface area is 123 Å². The molecule has 21 heavy (non-hydrogen) atoms. The maximum atomic E-state index is 11.4. The van der Waals surface area contributed by atoms with E-state index in [-0.39, 0.29) is 4.90 Å². The van der Waals surface area contributed by atoms with Crippen LogP contribution in [-0.4, -0.2) is 24.9 Å². The van der Waals surface area contributed by atoms with Gasteiger partial charge in [0.2, 0.25) is 16.0 Å². The number of aromatic nitrogens is 2. The van der Waals surface area contributed by atoms with Gasteiger partial charge < -0.3 is 10.6 Å². The number of nitrogens with zero attached hydrogens (tertiary/aromatic N) is 2. The third-order valence-electron chi connectivity index (χ3n) is 2.73. The maximum absolute atomic E-state index is 11.4. The van der Waals surface area contributed by atoms with Crippen LogP contribution in [0, 0.1) is 6.92 Å². The first kappa shape index (κ1) is 15.2. The minimum Gasteiger partial charge on any atom is -0.354 e. The summed E-state index contributed by atoms with van der Waals surface area (Å²) < 4.78 is 22.7. The van der Waals surface area contributed by atoms with Gasteiger partial charge in [-0.2, -0.15) is 4.98 Å². The summed E-state index contributed by atoms with van der Waals surface area (Å²) in [5.41, 5.74) is 1.43. The first-order chi connectivity index (χ1) is 9.90. The van der Waals surface area contributed by atoms with Crippen molar-refractivity contribution in [1.29, 1.82) is 0 Å². The van der Waals surface area contributed by atoms with Crippen LogP contribution in [0.15, 0.2) is 35.4 Å². The van der Waals surface area contributed by atoms with E-state index in [2.05, 4.69) is 20.6 Å². The second-order valence-corrected chi connectivity index (χ2v) is 6.01. The summed E-state index contributed by atoms with van der Waals surface area (Å²) in [5, 5.41) is 11.2. The molecule has 112 valence electrons. The first-order valence-corrected chi connectivity index (χ1v) is 7.92. The molecule has 4 N–H and O–H groups in total. The van der Waals surface area contributed by atoms with E-state index in [9.17, 15) is 8.42 Å². The van der Waals surface area contributed by atoms with Crippen LogP contribution in [0.25, 0.3) is 0 Å². The van der Waals surface area contributed by atoms with Crippen LogP contribution in [-0.2, 0) is 10.0 Å². The van der Waals surface area contributed by atoms with E-state index < -0.39 is 10.0 Å². The summed E-state index contributed by atoms with van der Waals surface area (Å²) in [6.45, 7) is 4.52. The SMILES string of the molecule is CCNc1ncc(C)c(Nc2cccc(S(N)(=O)=O)c2)n1. The highest BCUT2D eigenvalue weighted by Gasteiger charge is 2.09. The second-order valence-electron chi connectivity index (χ2n) is 4.45. The predicted octanol–water partition coefficient (Wildman–Crippen LogP) is 1.61. The van der Waals surface area contributed by atoms with Crippen LogP contribution < -0.4 is 15.8 Å². The van der Waals surface area contributed by atoms with Gasteiger partial charge in [-0.1, -0.05) is 6.07 Å². The van der Waals surface area contributed by atoms with Crippen molar-refractivity contribution < 1.29 is 8.42 Å². The highest BCUT2D eigenvalue weighted by atomic mass is 32.2. The van der Waals surface area contributed by atoms with E-state index in [0.29, 0.717) is 24.0 Å². The molecule has 7 nitrogen and oxygen atoms in total. The van der Waals surface area contributed by atoms with Crippen LogP contribution in [0.4, 0.5) is 17.5 Å². The molecule has 0 amide bonds. The number of sulfonamides is 1. The molecule has 0 saturated carbocycles. The molecule has 2 rings (SSSR count). The largest absolute Gasteiger partial charge is 0.354 e. The van der Waals surface area contributed by atoms with Crippen molar-refractivity contribution in [3.8, 4) is 0 Å². The molecule has 0 aliphatic carbocycles. The van der Waals surface area contributed by atoms with Crippen molar-refractivity contribution in [1.82, 2.24) is 9.97 Å². The molecular weight excluding hydrogens is 290 g/mol. The lowest BCUT2D eigenvalue weighted by molar-refractivity contribution is 0.598. The Bertz CT molecular complexity index is 746. The van der Waals surface area contributed by atoms with Gasteiger partial charge >= 0.3 is 0 Å². The quantitative estimate of drug-likeness (QED) is 0.774. The average molecular weight is 307 g/mol. The van der Waals surface area contributed by atoms with Gasteiger partial charge in [0, 0.05) is 24.0 Å². The molecule has 0 bridgehead atoms. The Morgan fingerprint density at radius 3 is 2.76 bits per heavy atom. The molecule has 2 aromatic rings. The summed E-state index contributed by atoms with van der Waals surface area (Å²) in [6.07, 6.45) is 1.69. The number of hydrogen-bond acceptors (Lipinski definition) is 6. The molecule has 0 spiro atoms. The smallest absolute Gasteiger partial charge is 0.238 e. The third-order valence-corrected chi connectivity index (χ3v) is 3.64. The van der Waals surface area contributed by atoms with Gasteiger partial charge in [0.25, 0.3) is 0 Å². The minimum absolute atomic E-state index is 0.0473. The number of primary sulfonamides is 1. The normalized spacial score (nSPS) is 11.2. The van der Waals surface area contributed by atoms with Crippen molar-refractivity contribution >= 4 is 27.5 Å². The van der Waals surface area contributed by atoms with Gasteiger partial charge in [-0.05, 0) is 32.0 Å². The summed E-state index contributed by atoms with van der Waals surface area (Å²) in [7, 11) is -3.73. The van der Waals surface area contributed by atoms with Crippen LogP contribution in [0.2, 0.25) is 0 Å². The maximum Gasteiger partial charge on any atom is 0.238 e. The topological polar surface area (TPSA) is 110 Å². The van der Waals surface area contributed by atoms with Gasteiger partial charge in [0.1, 0.15) is 5.82 Å². The van der Waals surface area contributed by atoms with Gasteiger partial charge in [-0.15, -0.1) is 0 Å². The molecule has 0 atom stereocenters. The number of aryl methyl sites for hydroxylation is 1. The van der Waals surface area contributed by atoms with Crippen LogP contribution in [0.3, 0.4) is 0 Å². The van der Waals surface area contributed by atoms with E-state index in [1.165, 1.54) is 12.1 Å². The summed E-state index contributed by atoms with van der Waals surface area (Å²) >= 11 is 0. The van der Waals surface area contributed by atoms with E-state index >= 15 is 0 Å². The number of anilines is 3. The Balaban J connectivity index is 2.32. The molecule has 0 unspecified atom stereocenters. The zero-order valence-corrected chi connectivity index (χ0v) is 12.6. The molecule has 1 aromatic heterocycles. The highest BCUT2D eigenvalue weighted by Crippen LogP contribution is 2.21. The Morgan fingerprint density at radius 2 is 2.10 bits per heavy atom. The lowest BCUT2D eigenvalue weighted by atomic mass is 10.3. The lowest BCUT2D eigenvalue weighted by Gasteiger charge is -2.11. The monoisotopic (exact) mass is 307 g/mol. The summed E-state index contributed by atoms with van der Waals surface area (Å²) in [6, 6.07) is 6.26. The highest BCUT2D eigenvalue weighted by molar-refractivity contribution is 7.89. The summed E-state index contributed by atoms with van der Waals surface area (Å²) in [4.78, 5) is 8.53. The van der Waals surface area contributed by atoms with Gasteiger partial charge in [0.05, 0.1) is 4.90 Å². The van der Waals surface area contributed by atoms with E-state index in [0.717, 1.165) is 5.56 Å². The molecule has 0 aliphatic heterocycles. The molecule has 1 aromatic carbocycles. The molecule has 0 aliphatic rings. The van der Waals surface area contributed by atoms with E-state index in [4.69, 9.17) is 5.14 Å². The number of nitrogens with two attached hydrogens (primary N) is 1. The molecule has 0 radical (unpaired) electrons. The fourth-order valence-electron chi connectivity index (χ4n) is 1.70. The van der Waals surface area contributed by atoms with Crippen LogP contribution in [0.1, 0.15) is 12.5 Å². The van der Waals surface area contributed by atoms with Gasteiger partial charge in [0.15, 0.2) is 0 Å². The predicted molar refractivity (Wildman–Crippen MR) is 82.0 cm³/mol. The van der Waals surface area contributed by atoms with E-state index in [1.807, 2.05) is 13.8 Å². The third kappa shape index (κ3) is 3.89. The second kappa shape index (κ2) is 6.06. The fourth-order valence-corrected chi connectivity index (χ4v) is 2.26. The minimum atomic E-state index is -3.73. The number of nitrogens with one attached hydrogen (secondary N) is 2. The Morgan fingerprint density at radius 1 is 1.33 bits per heavy atom. The lowest BCUT2D eigenvalue weighted by Crippen LogP contribution is -2.12. The van der Waals surface area contributed by atoms with Gasteiger partial charge in [-0.25, -0.2) is 18.5 Å². The number of benzene rings is 1. The van der Waals surface area contributed by atoms with Crippen molar-refractivity contribution in [2.24, 2.45) is 5.14 Å². The zero-order chi connectivity index (χ0) is 15.5. The van der Waals surface area contributed by atoms with Crippen LogP contribution >= 0.6 is 0 Å². The molecule has 0 fully saturated rings.